The van der Waals surface area contributed by atoms with Crippen molar-refractivity contribution in [1.29, 1.82) is 0 Å². The molecular formula is C12H15FN4O. The van der Waals surface area contributed by atoms with Gasteiger partial charge in [0.1, 0.15) is 17.3 Å². The molecule has 5 nitrogen and oxygen atoms in total. The summed E-state index contributed by atoms with van der Waals surface area (Å²) in [6.07, 6.45) is 3.27. The lowest BCUT2D eigenvalue weighted by atomic mass is 10.2. The van der Waals surface area contributed by atoms with Crippen LogP contribution >= 0.6 is 0 Å². The maximum atomic E-state index is 13.7. The maximum Gasteiger partial charge on any atom is 0.149 e. The van der Waals surface area contributed by atoms with Crippen molar-refractivity contribution in [3.05, 3.63) is 35.9 Å². The molecule has 0 bridgehead atoms. The molecule has 2 rings (SSSR count). The second-order valence-electron chi connectivity index (χ2n) is 3.86. The summed E-state index contributed by atoms with van der Waals surface area (Å²) in [6.45, 7) is 0.598. The highest BCUT2D eigenvalue weighted by atomic mass is 19.1. The number of rotatable bonds is 5. The van der Waals surface area contributed by atoms with Crippen LogP contribution in [0.3, 0.4) is 0 Å². The van der Waals surface area contributed by atoms with Gasteiger partial charge in [-0.15, -0.1) is 5.10 Å². The van der Waals surface area contributed by atoms with E-state index < -0.39 is 0 Å². The number of aryl methyl sites for hydroxylation is 1. The monoisotopic (exact) mass is 250 g/mol. The molecule has 2 N–H and O–H groups in total. The molecule has 0 unspecified atom stereocenters. The van der Waals surface area contributed by atoms with Crippen molar-refractivity contribution in [2.75, 3.05) is 13.7 Å². The molecule has 0 spiro atoms. The largest absolute Gasteiger partial charge is 0.497 e. The number of halogens is 1. The van der Waals surface area contributed by atoms with Crippen LogP contribution in [0.5, 0.6) is 5.75 Å². The van der Waals surface area contributed by atoms with E-state index in [4.69, 9.17) is 10.5 Å². The zero-order chi connectivity index (χ0) is 13.0. The van der Waals surface area contributed by atoms with Gasteiger partial charge in [0.25, 0.3) is 0 Å². The molecule has 1 aromatic carbocycles. The van der Waals surface area contributed by atoms with E-state index in [2.05, 4.69) is 10.3 Å². The third kappa shape index (κ3) is 2.65. The summed E-state index contributed by atoms with van der Waals surface area (Å²) in [7, 11) is 1.53. The fourth-order valence-electron chi connectivity index (χ4n) is 1.61. The van der Waals surface area contributed by atoms with E-state index in [1.807, 2.05) is 0 Å². The molecule has 0 aliphatic carbocycles. The third-order valence-corrected chi connectivity index (χ3v) is 2.58. The summed E-state index contributed by atoms with van der Waals surface area (Å²) in [5, 5.41) is 7.88. The molecule has 6 heteroatoms. The van der Waals surface area contributed by atoms with Crippen LogP contribution in [0.4, 0.5) is 4.39 Å². The van der Waals surface area contributed by atoms with Crippen molar-refractivity contribution in [2.45, 2.75) is 12.8 Å². The number of ether oxygens (including phenoxy) is 1. The smallest absolute Gasteiger partial charge is 0.149 e. The lowest BCUT2D eigenvalue weighted by molar-refractivity contribution is 0.413. The molecule has 1 heterocycles. The predicted octanol–water partition coefficient (Wildman–Crippen LogP) is 1.31. The molecule has 2 aromatic rings. The Bertz CT molecular complexity index is 527. The number of methoxy groups -OCH3 is 1. The quantitative estimate of drug-likeness (QED) is 0.868. The number of benzene rings is 1. The van der Waals surface area contributed by atoms with E-state index in [9.17, 15) is 4.39 Å². The van der Waals surface area contributed by atoms with Gasteiger partial charge in [0.15, 0.2) is 0 Å². The first-order valence-corrected chi connectivity index (χ1v) is 5.70. The zero-order valence-electron chi connectivity index (χ0n) is 10.1. The van der Waals surface area contributed by atoms with Crippen LogP contribution in [0.25, 0.3) is 5.69 Å². The van der Waals surface area contributed by atoms with Crippen molar-refractivity contribution in [1.82, 2.24) is 15.0 Å². The zero-order valence-corrected chi connectivity index (χ0v) is 10.1. The van der Waals surface area contributed by atoms with Gasteiger partial charge in [-0.05, 0) is 31.5 Å². The topological polar surface area (TPSA) is 66.0 Å². The molecule has 1 aromatic heterocycles. The number of aromatic nitrogens is 3. The fourth-order valence-corrected chi connectivity index (χ4v) is 1.61. The Morgan fingerprint density at radius 2 is 2.28 bits per heavy atom. The highest BCUT2D eigenvalue weighted by molar-refractivity contribution is 5.40. The summed E-state index contributed by atoms with van der Waals surface area (Å²) >= 11 is 0. The van der Waals surface area contributed by atoms with Crippen LogP contribution < -0.4 is 10.5 Å². The van der Waals surface area contributed by atoms with Gasteiger partial charge in [0.2, 0.25) is 0 Å². The summed E-state index contributed by atoms with van der Waals surface area (Å²) in [5.74, 6) is 0.205. The van der Waals surface area contributed by atoms with E-state index in [-0.39, 0.29) is 5.82 Å². The third-order valence-electron chi connectivity index (χ3n) is 2.58. The van der Waals surface area contributed by atoms with Crippen molar-refractivity contribution in [3.8, 4) is 11.4 Å². The van der Waals surface area contributed by atoms with Crippen LogP contribution in [0.1, 0.15) is 12.1 Å². The SMILES string of the molecule is COc1ccc(F)c(-n2cc(CCCN)nn2)c1. The van der Waals surface area contributed by atoms with Gasteiger partial charge >= 0.3 is 0 Å². The van der Waals surface area contributed by atoms with Crippen LogP contribution in [-0.2, 0) is 6.42 Å². The van der Waals surface area contributed by atoms with Crippen LogP contribution in [0, 0.1) is 5.82 Å². The molecular weight excluding hydrogens is 235 g/mol. The number of hydrogen-bond donors (Lipinski definition) is 1. The fraction of sp³-hybridized carbons (Fsp3) is 0.333. The molecule has 0 saturated carbocycles. The van der Waals surface area contributed by atoms with Crippen molar-refractivity contribution < 1.29 is 9.13 Å². The Morgan fingerprint density at radius 3 is 3.00 bits per heavy atom. The van der Waals surface area contributed by atoms with Gasteiger partial charge in [0, 0.05) is 6.07 Å². The lowest BCUT2D eigenvalue weighted by Gasteiger charge is -2.04. The van der Waals surface area contributed by atoms with Crippen molar-refractivity contribution in [3.63, 3.8) is 0 Å². The number of nitrogens with zero attached hydrogens (tertiary/aromatic N) is 3. The van der Waals surface area contributed by atoms with Gasteiger partial charge in [0.05, 0.1) is 19.0 Å². The molecule has 0 fully saturated rings. The average Bonchev–Trinajstić information content (AvgIpc) is 2.85. The molecule has 0 aliphatic rings. The number of nitrogens with two attached hydrogens (primary N) is 1. The van der Waals surface area contributed by atoms with Gasteiger partial charge in [-0.2, -0.15) is 0 Å². The van der Waals surface area contributed by atoms with Gasteiger partial charge < -0.3 is 10.5 Å². The molecule has 96 valence electrons. The molecule has 0 aliphatic heterocycles. The average molecular weight is 250 g/mol. The second kappa shape index (κ2) is 5.59. The molecule has 0 atom stereocenters. The summed E-state index contributed by atoms with van der Waals surface area (Å²) in [6, 6.07) is 4.48. The Kier molecular flexibility index (Phi) is 3.88. The minimum absolute atomic E-state index is 0.320. The maximum absolute atomic E-state index is 13.7. The first kappa shape index (κ1) is 12.5. The van der Waals surface area contributed by atoms with Crippen molar-refractivity contribution in [2.24, 2.45) is 5.73 Å². The Labute approximate surface area is 104 Å². The van der Waals surface area contributed by atoms with Crippen LogP contribution in [-0.4, -0.2) is 28.6 Å². The van der Waals surface area contributed by atoms with E-state index >= 15 is 0 Å². The normalized spacial score (nSPS) is 10.6. The highest BCUT2D eigenvalue weighted by Crippen LogP contribution is 2.19. The standard InChI is InChI=1S/C12H15FN4O/c1-18-10-4-5-11(13)12(7-10)17-8-9(15-16-17)3-2-6-14/h4-5,7-8H,2-3,6,14H2,1H3. The first-order valence-electron chi connectivity index (χ1n) is 5.70. The summed E-state index contributed by atoms with van der Waals surface area (Å²) < 4.78 is 20.2. The Morgan fingerprint density at radius 1 is 1.44 bits per heavy atom. The van der Waals surface area contributed by atoms with Gasteiger partial charge in [-0.25, -0.2) is 9.07 Å². The van der Waals surface area contributed by atoms with Crippen LogP contribution in [0.2, 0.25) is 0 Å². The highest BCUT2D eigenvalue weighted by Gasteiger charge is 2.09. The lowest BCUT2D eigenvalue weighted by Crippen LogP contribution is -2.00. The second-order valence-corrected chi connectivity index (χ2v) is 3.86. The van der Waals surface area contributed by atoms with Gasteiger partial charge in [-0.3, -0.25) is 0 Å². The van der Waals surface area contributed by atoms with E-state index in [0.29, 0.717) is 18.0 Å². The first-order chi connectivity index (χ1) is 8.74. The molecule has 0 saturated heterocycles. The van der Waals surface area contributed by atoms with Crippen LogP contribution in [0.15, 0.2) is 24.4 Å². The Hall–Kier alpha value is -1.95. The predicted molar refractivity (Wildman–Crippen MR) is 65.2 cm³/mol. The van der Waals surface area contributed by atoms with E-state index in [1.165, 1.54) is 17.9 Å². The minimum atomic E-state index is -0.369. The number of hydrogen-bond acceptors (Lipinski definition) is 4. The minimum Gasteiger partial charge on any atom is -0.497 e. The molecule has 18 heavy (non-hydrogen) atoms. The van der Waals surface area contributed by atoms with E-state index in [1.54, 1.807) is 18.3 Å². The molecule has 0 amide bonds. The van der Waals surface area contributed by atoms with Crippen molar-refractivity contribution >= 4 is 0 Å². The van der Waals surface area contributed by atoms with E-state index in [0.717, 1.165) is 18.5 Å². The summed E-state index contributed by atoms with van der Waals surface area (Å²) in [5.41, 5.74) is 6.54. The Balaban J connectivity index is 2.27. The summed E-state index contributed by atoms with van der Waals surface area (Å²) in [4.78, 5) is 0. The van der Waals surface area contributed by atoms with Gasteiger partial charge in [-0.1, -0.05) is 5.21 Å². The molecule has 0 radical (unpaired) electrons.